The Balaban J connectivity index is 2.04. The second-order valence-corrected chi connectivity index (χ2v) is 3.87. The first kappa shape index (κ1) is 12.2. The third-order valence-corrected chi connectivity index (χ3v) is 2.58. The molecule has 2 aromatic rings. The third-order valence-electron chi connectivity index (χ3n) is 2.58. The van der Waals surface area contributed by atoms with Crippen LogP contribution in [0.2, 0.25) is 0 Å². The van der Waals surface area contributed by atoms with Gasteiger partial charge in [-0.15, -0.1) is 0 Å². The summed E-state index contributed by atoms with van der Waals surface area (Å²) in [6, 6.07) is 11.3. The monoisotopic (exact) mass is 247 g/mol. The minimum atomic E-state index is -0.258. The lowest BCUT2D eigenvalue weighted by molar-refractivity contribution is 0.373. The summed E-state index contributed by atoms with van der Waals surface area (Å²) < 4.78 is 17.7. The Bertz CT molecular complexity index is 526. The van der Waals surface area contributed by atoms with Crippen LogP contribution in [0.15, 0.2) is 42.5 Å². The minimum absolute atomic E-state index is 0.114. The van der Waals surface area contributed by atoms with Crippen LogP contribution < -0.4 is 10.1 Å². The molecule has 0 heterocycles. The highest BCUT2D eigenvalue weighted by atomic mass is 19.1. The maximum Gasteiger partial charge on any atom is 0.160 e. The average molecular weight is 247 g/mol. The normalized spacial score (nSPS) is 10.1. The molecule has 0 amide bonds. The van der Waals surface area contributed by atoms with Gasteiger partial charge < -0.3 is 15.2 Å². The molecule has 4 heteroatoms. The van der Waals surface area contributed by atoms with Crippen LogP contribution in [0, 0.1) is 5.82 Å². The van der Waals surface area contributed by atoms with E-state index in [0.717, 1.165) is 11.3 Å². The van der Waals surface area contributed by atoms with Crippen LogP contribution in [-0.2, 0) is 6.54 Å². The van der Waals surface area contributed by atoms with Gasteiger partial charge in [0, 0.05) is 12.2 Å². The van der Waals surface area contributed by atoms with Crippen molar-refractivity contribution < 1.29 is 14.2 Å². The van der Waals surface area contributed by atoms with E-state index in [1.165, 1.54) is 19.2 Å². The lowest BCUT2D eigenvalue weighted by atomic mass is 10.2. The third kappa shape index (κ3) is 2.91. The summed E-state index contributed by atoms with van der Waals surface area (Å²) in [5.74, 6) is 0.295. The summed E-state index contributed by atoms with van der Waals surface area (Å²) in [6.07, 6.45) is 0. The van der Waals surface area contributed by atoms with Crippen molar-refractivity contribution in [2.24, 2.45) is 0 Å². The Hall–Kier alpha value is -2.23. The molecule has 2 rings (SSSR count). The molecule has 94 valence electrons. The van der Waals surface area contributed by atoms with Gasteiger partial charge in [0.2, 0.25) is 0 Å². The van der Waals surface area contributed by atoms with Gasteiger partial charge in [-0.2, -0.15) is 0 Å². The van der Waals surface area contributed by atoms with E-state index in [1.54, 1.807) is 30.3 Å². The van der Waals surface area contributed by atoms with E-state index in [2.05, 4.69) is 5.32 Å². The Morgan fingerprint density at radius 3 is 2.56 bits per heavy atom. The van der Waals surface area contributed by atoms with Crippen LogP contribution in [0.4, 0.5) is 10.1 Å². The van der Waals surface area contributed by atoms with Gasteiger partial charge in [0.15, 0.2) is 11.5 Å². The summed E-state index contributed by atoms with van der Waals surface area (Å²) in [5, 5.41) is 12.6. The van der Waals surface area contributed by atoms with Gasteiger partial charge in [0.05, 0.1) is 7.11 Å². The van der Waals surface area contributed by atoms with Crippen molar-refractivity contribution in [1.29, 1.82) is 0 Å². The maximum absolute atomic E-state index is 12.7. The van der Waals surface area contributed by atoms with E-state index in [9.17, 15) is 9.50 Å². The number of phenols is 1. The molecule has 0 aliphatic rings. The van der Waals surface area contributed by atoms with E-state index in [0.29, 0.717) is 12.3 Å². The standard InChI is InChI=1S/C14H14FNO2/c1-18-14-8-10(2-7-13(14)17)9-16-12-5-3-11(15)4-6-12/h2-8,16-17H,9H2,1H3. The quantitative estimate of drug-likeness (QED) is 0.872. The summed E-state index contributed by atoms with van der Waals surface area (Å²) in [4.78, 5) is 0. The van der Waals surface area contributed by atoms with E-state index < -0.39 is 0 Å². The van der Waals surface area contributed by atoms with Crippen LogP contribution in [0.5, 0.6) is 11.5 Å². The zero-order valence-corrected chi connectivity index (χ0v) is 9.98. The zero-order valence-electron chi connectivity index (χ0n) is 9.98. The van der Waals surface area contributed by atoms with Crippen LogP contribution >= 0.6 is 0 Å². The van der Waals surface area contributed by atoms with Crippen molar-refractivity contribution in [3.05, 3.63) is 53.8 Å². The smallest absolute Gasteiger partial charge is 0.160 e. The summed E-state index contributed by atoms with van der Waals surface area (Å²) >= 11 is 0. The number of methoxy groups -OCH3 is 1. The first-order valence-corrected chi connectivity index (χ1v) is 5.54. The molecule has 0 bridgehead atoms. The van der Waals surface area contributed by atoms with Crippen molar-refractivity contribution in [1.82, 2.24) is 0 Å². The largest absolute Gasteiger partial charge is 0.504 e. The fourth-order valence-electron chi connectivity index (χ4n) is 1.60. The number of nitrogens with one attached hydrogen (secondary N) is 1. The number of rotatable bonds is 4. The van der Waals surface area contributed by atoms with E-state index in [4.69, 9.17) is 4.74 Å². The topological polar surface area (TPSA) is 41.5 Å². The molecule has 18 heavy (non-hydrogen) atoms. The Labute approximate surface area is 105 Å². The van der Waals surface area contributed by atoms with Gasteiger partial charge in [-0.1, -0.05) is 6.07 Å². The van der Waals surface area contributed by atoms with Gasteiger partial charge in [-0.3, -0.25) is 0 Å². The predicted molar refractivity (Wildman–Crippen MR) is 68.4 cm³/mol. The molecule has 0 saturated heterocycles. The van der Waals surface area contributed by atoms with Gasteiger partial charge in [0.25, 0.3) is 0 Å². The number of halogens is 1. The minimum Gasteiger partial charge on any atom is -0.504 e. The highest BCUT2D eigenvalue weighted by Crippen LogP contribution is 2.26. The van der Waals surface area contributed by atoms with Crippen LogP contribution in [0.1, 0.15) is 5.56 Å². The zero-order chi connectivity index (χ0) is 13.0. The molecule has 0 aromatic heterocycles. The van der Waals surface area contributed by atoms with Crippen molar-refractivity contribution >= 4 is 5.69 Å². The molecule has 0 spiro atoms. The van der Waals surface area contributed by atoms with Crippen molar-refractivity contribution in [2.75, 3.05) is 12.4 Å². The second kappa shape index (κ2) is 5.40. The maximum atomic E-state index is 12.7. The molecule has 3 nitrogen and oxygen atoms in total. The number of hydrogen-bond acceptors (Lipinski definition) is 3. The van der Waals surface area contributed by atoms with Gasteiger partial charge in [0.1, 0.15) is 5.82 Å². The number of phenolic OH excluding ortho intramolecular Hbond substituents is 1. The number of ether oxygens (including phenoxy) is 1. The van der Waals surface area contributed by atoms with Crippen molar-refractivity contribution in [3.8, 4) is 11.5 Å². The lowest BCUT2D eigenvalue weighted by Crippen LogP contribution is -1.99. The lowest BCUT2D eigenvalue weighted by Gasteiger charge is -2.09. The number of benzene rings is 2. The fourth-order valence-corrected chi connectivity index (χ4v) is 1.60. The Kier molecular flexibility index (Phi) is 3.67. The first-order valence-electron chi connectivity index (χ1n) is 5.54. The Morgan fingerprint density at radius 1 is 1.17 bits per heavy atom. The molecule has 0 unspecified atom stereocenters. The summed E-state index contributed by atoms with van der Waals surface area (Å²) in [6.45, 7) is 0.572. The average Bonchev–Trinajstić information content (AvgIpc) is 2.39. The molecular formula is C14H14FNO2. The molecule has 0 aliphatic heterocycles. The number of hydrogen-bond donors (Lipinski definition) is 2. The summed E-state index contributed by atoms with van der Waals surface area (Å²) in [5.41, 5.74) is 1.80. The molecule has 0 saturated carbocycles. The Morgan fingerprint density at radius 2 is 1.89 bits per heavy atom. The second-order valence-electron chi connectivity index (χ2n) is 3.87. The predicted octanol–water partition coefficient (Wildman–Crippen LogP) is 3.15. The van der Waals surface area contributed by atoms with Crippen molar-refractivity contribution in [2.45, 2.75) is 6.54 Å². The van der Waals surface area contributed by atoms with Gasteiger partial charge >= 0.3 is 0 Å². The van der Waals surface area contributed by atoms with Gasteiger partial charge in [-0.25, -0.2) is 4.39 Å². The molecule has 2 aromatic carbocycles. The molecule has 0 aliphatic carbocycles. The summed E-state index contributed by atoms with van der Waals surface area (Å²) in [7, 11) is 1.51. The van der Waals surface area contributed by atoms with Crippen LogP contribution in [0.25, 0.3) is 0 Å². The van der Waals surface area contributed by atoms with Gasteiger partial charge in [-0.05, 0) is 42.0 Å². The van der Waals surface area contributed by atoms with Crippen molar-refractivity contribution in [3.63, 3.8) is 0 Å². The van der Waals surface area contributed by atoms with Crippen LogP contribution in [-0.4, -0.2) is 12.2 Å². The van der Waals surface area contributed by atoms with E-state index >= 15 is 0 Å². The molecule has 2 N–H and O–H groups in total. The molecule has 0 fully saturated rings. The molecule has 0 atom stereocenters. The fraction of sp³-hybridized carbons (Fsp3) is 0.143. The molecular weight excluding hydrogens is 233 g/mol. The number of anilines is 1. The first-order chi connectivity index (χ1) is 8.69. The SMILES string of the molecule is COc1cc(CNc2ccc(F)cc2)ccc1O. The van der Waals surface area contributed by atoms with Crippen LogP contribution in [0.3, 0.4) is 0 Å². The highest BCUT2D eigenvalue weighted by molar-refractivity contribution is 5.46. The molecule has 0 radical (unpaired) electrons. The van der Waals surface area contributed by atoms with E-state index in [-0.39, 0.29) is 11.6 Å². The number of aromatic hydroxyl groups is 1. The highest BCUT2D eigenvalue weighted by Gasteiger charge is 2.02. The van der Waals surface area contributed by atoms with E-state index in [1.807, 2.05) is 0 Å².